The topological polar surface area (TPSA) is 78.4 Å². The molecule has 0 aliphatic rings. The predicted octanol–water partition coefficient (Wildman–Crippen LogP) is 2.49. The van der Waals surface area contributed by atoms with Gasteiger partial charge in [-0.3, -0.25) is 4.21 Å². The summed E-state index contributed by atoms with van der Waals surface area (Å²) < 4.78 is 11.4. The minimum Gasteiger partial charge on any atom is -0.508 e. The van der Waals surface area contributed by atoms with Crippen molar-refractivity contribution in [3.05, 3.63) is 54.1 Å². The van der Waals surface area contributed by atoms with E-state index in [2.05, 4.69) is 10.6 Å². The Kier molecular flexibility index (Phi) is 5.55. The fourth-order valence-electron chi connectivity index (χ4n) is 1.96. The Morgan fingerprint density at radius 3 is 2.68 bits per heavy atom. The van der Waals surface area contributed by atoms with Gasteiger partial charge in [0.2, 0.25) is 0 Å². The van der Waals surface area contributed by atoms with E-state index in [1.165, 1.54) is 0 Å². The van der Waals surface area contributed by atoms with Gasteiger partial charge < -0.3 is 15.7 Å². The molecule has 6 heteroatoms. The fourth-order valence-corrected chi connectivity index (χ4v) is 2.52. The lowest BCUT2D eigenvalue weighted by Gasteiger charge is -2.08. The van der Waals surface area contributed by atoms with Crippen molar-refractivity contribution < 1.29 is 14.1 Å². The van der Waals surface area contributed by atoms with Gasteiger partial charge in [-0.25, -0.2) is 4.79 Å². The molecule has 2 aromatic carbocycles. The molecule has 0 spiro atoms. The van der Waals surface area contributed by atoms with Crippen molar-refractivity contribution in [2.75, 3.05) is 18.1 Å². The second-order valence-corrected chi connectivity index (χ2v) is 6.16. The fraction of sp³-hybridized carbons (Fsp3) is 0.188. The van der Waals surface area contributed by atoms with Crippen LogP contribution < -0.4 is 10.6 Å². The minimum absolute atomic E-state index is 0.214. The molecule has 0 aromatic heterocycles. The smallest absolute Gasteiger partial charge is 0.319 e. The SMILES string of the molecule is C[S@@](=O)c1cccc(NC(=O)NCCc2cccc(O)c2)c1. The van der Waals surface area contributed by atoms with Gasteiger partial charge in [0.15, 0.2) is 0 Å². The number of rotatable bonds is 5. The van der Waals surface area contributed by atoms with Gasteiger partial charge in [0, 0.05) is 34.2 Å². The highest BCUT2D eigenvalue weighted by Gasteiger charge is 2.04. The first-order valence-corrected chi connectivity index (χ1v) is 8.36. The van der Waals surface area contributed by atoms with Crippen LogP contribution in [0, 0.1) is 0 Å². The van der Waals surface area contributed by atoms with Crippen LogP contribution in [0.15, 0.2) is 53.4 Å². The second-order valence-electron chi connectivity index (χ2n) is 4.78. The lowest BCUT2D eigenvalue weighted by molar-refractivity contribution is 0.252. The molecule has 0 bridgehead atoms. The Morgan fingerprint density at radius 2 is 1.95 bits per heavy atom. The standard InChI is InChI=1S/C16H18N2O3S/c1-22(21)15-7-3-5-13(11-15)18-16(20)17-9-8-12-4-2-6-14(19)10-12/h2-7,10-11,19H,8-9H2,1H3,(H2,17,18,20)/t22-/m1/s1. The number of aromatic hydroxyl groups is 1. The van der Waals surface area contributed by atoms with E-state index in [0.29, 0.717) is 23.5 Å². The highest BCUT2D eigenvalue weighted by atomic mass is 32.2. The van der Waals surface area contributed by atoms with Gasteiger partial charge in [-0.15, -0.1) is 0 Å². The Bertz CT molecular complexity index is 689. The van der Waals surface area contributed by atoms with Crippen molar-refractivity contribution in [2.24, 2.45) is 0 Å². The molecular weight excluding hydrogens is 300 g/mol. The number of phenols is 1. The normalized spacial score (nSPS) is 11.7. The van der Waals surface area contributed by atoms with Crippen molar-refractivity contribution in [1.82, 2.24) is 5.32 Å². The highest BCUT2D eigenvalue weighted by Crippen LogP contribution is 2.13. The molecule has 22 heavy (non-hydrogen) atoms. The lowest BCUT2D eigenvalue weighted by Crippen LogP contribution is -2.30. The van der Waals surface area contributed by atoms with Gasteiger partial charge in [0.05, 0.1) is 0 Å². The molecule has 2 rings (SSSR count). The number of phenolic OH excluding ortho intramolecular Hbond substituents is 1. The zero-order valence-corrected chi connectivity index (χ0v) is 13.0. The van der Waals surface area contributed by atoms with E-state index in [-0.39, 0.29) is 11.8 Å². The molecule has 116 valence electrons. The number of anilines is 1. The average molecular weight is 318 g/mol. The zero-order chi connectivity index (χ0) is 15.9. The molecule has 5 nitrogen and oxygen atoms in total. The third kappa shape index (κ3) is 4.89. The van der Waals surface area contributed by atoms with Crippen LogP contribution in [0.2, 0.25) is 0 Å². The summed E-state index contributed by atoms with van der Waals surface area (Å²) in [7, 11) is -1.08. The molecule has 0 saturated heterocycles. The first-order chi connectivity index (χ1) is 10.5. The molecule has 0 unspecified atom stereocenters. The summed E-state index contributed by atoms with van der Waals surface area (Å²) in [6, 6.07) is 13.5. The summed E-state index contributed by atoms with van der Waals surface area (Å²) in [5, 5.41) is 14.8. The van der Waals surface area contributed by atoms with Crippen LogP contribution in [0.3, 0.4) is 0 Å². The van der Waals surface area contributed by atoms with E-state index in [1.54, 1.807) is 48.7 Å². The van der Waals surface area contributed by atoms with E-state index in [9.17, 15) is 14.1 Å². The van der Waals surface area contributed by atoms with E-state index in [1.807, 2.05) is 6.07 Å². The van der Waals surface area contributed by atoms with E-state index < -0.39 is 10.8 Å². The molecule has 0 aliphatic carbocycles. The molecule has 0 heterocycles. The van der Waals surface area contributed by atoms with Gasteiger partial charge >= 0.3 is 6.03 Å². The van der Waals surface area contributed by atoms with Crippen molar-refractivity contribution in [3.63, 3.8) is 0 Å². The van der Waals surface area contributed by atoms with Crippen molar-refractivity contribution in [1.29, 1.82) is 0 Å². The zero-order valence-electron chi connectivity index (χ0n) is 12.2. The largest absolute Gasteiger partial charge is 0.508 e. The van der Waals surface area contributed by atoms with Gasteiger partial charge in [-0.2, -0.15) is 0 Å². The van der Waals surface area contributed by atoms with Crippen LogP contribution in [0.4, 0.5) is 10.5 Å². The first kappa shape index (κ1) is 16.0. The predicted molar refractivity (Wildman–Crippen MR) is 87.6 cm³/mol. The summed E-state index contributed by atoms with van der Waals surface area (Å²) in [4.78, 5) is 12.5. The number of carbonyl (C=O) groups excluding carboxylic acids is 1. The summed E-state index contributed by atoms with van der Waals surface area (Å²) in [6.45, 7) is 0.453. The van der Waals surface area contributed by atoms with Crippen LogP contribution in [0.25, 0.3) is 0 Å². The number of hydrogen-bond donors (Lipinski definition) is 3. The average Bonchev–Trinajstić information content (AvgIpc) is 2.47. The van der Waals surface area contributed by atoms with Crippen LogP contribution >= 0.6 is 0 Å². The number of amides is 2. The van der Waals surface area contributed by atoms with Crippen LogP contribution in [0.5, 0.6) is 5.75 Å². The number of carbonyl (C=O) groups is 1. The summed E-state index contributed by atoms with van der Waals surface area (Å²) in [5.41, 5.74) is 1.55. The molecule has 0 aliphatic heterocycles. The summed E-state index contributed by atoms with van der Waals surface area (Å²) in [5.74, 6) is 0.214. The van der Waals surface area contributed by atoms with Crippen molar-refractivity contribution in [2.45, 2.75) is 11.3 Å². The van der Waals surface area contributed by atoms with Crippen LogP contribution in [-0.2, 0) is 17.2 Å². The number of hydrogen-bond acceptors (Lipinski definition) is 3. The molecule has 0 radical (unpaired) electrons. The molecule has 0 fully saturated rings. The third-order valence-corrected chi connectivity index (χ3v) is 3.95. The van der Waals surface area contributed by atoms with Crippen LogP contribution in [-0.4, -0.2) is 28.1 Å². The maximum absolute atomic E-state index is 11.8. The summed E-state index contributed by atoms with van der Waals surface area (Å²) >= 11 is 0. The number of urea groups is 1. The molecular formula is C16H18N2O3S. The van der Waals surface area contributed by atoms with E-state index >= 15 is 0 Å². The van der Waals surface area contributed by atoms with Gasteiger partial charge in [-0.05, 0) is 42.3 Å². The Morgan fingerprint density at radius 1 is 1.18 bits per heavy atom. The molecule has 0 saturated carbocycles. The molecule has 3 N–H and O–H groups in total. The first-order valence-electron chi connectivity index (χ1n) is 6.81. The maximum atomic E-state index is 11.8. The summed E-state index contributed by atoms with van der Waals surface area (Å²) in [6.07, 6.45) is 2.22. The minimum atomic E-state index is -1.08. The maximum Gasteiger partial charge on any atom is 0.319 e. The van der Waals surface area contributed by atoms with Gasteiger partial charge in [0.1, 0.15) is 5.75 Å². The lowest BCUT2D eigenvalue weighted by atomic mass is 10.1. The van der Waals surface area contributed by atoms with Crippen LogP contribution in [0.1, 0.15) is 5.56 Å². The van der Waals surface area contributed by atoms with Crippen molar-refractivity contribution in [3.8, 4) is 5.75 Å². The van der Waals surface area contributed by atoms with Crippen molar-refractivity contribution >= 4 is 22.5 Å². The van der Waals surface area contributed by atoms with E-state index in [0.717, 1.165) is 5.56 Å². The molecule has 2 aromatic rings. The monoisotopic (exact) mass is 318 g/mol. The number of benzene rings is 2. The Balaban J connectivity index is 1.83. The number of nitrogens with one attached hydrogen (secondary N) is 2. The van der Waals surface area contributed by atoms with Gasteiger partial charge in [-0.1, -0.05) is 18.2 Å². The van der Waals surface area contributed by atoms with Gasteiger partial charge in [0.25, 0.3) is 0 Å². The second kappa shape index (κ2) is 7.61. The molecule has 1 atom stereocenters. The Labute approximate surface area is 131 Å². The van der Waals surface area contributed by atoms with E-state index in [4.69, 9.17) is 0 Å². The Hall–Kier alpha value is -2.34. The molecule has 2 amide bonds. The quantitative estimate of drug-likeness (QED) is 0.792. The third-order valence-electron chi connectivity index (χ3n) is 3.03. The highest BCUT2D eigenvalue weighted by molar-refractivity contribution is 7.84.